The number of nitrogens with one attached hydrogen (secondary N) is 1. The minimum atomic E-state index is -0.627. The van der Waals surface area contributed by atoms with E-state index in [0.717, 1.165) is 12.1 Å². The molecule has 1 fully saturated rings. The third-order valence-electron chi connectivity index (χ3n) is 2.73. The van der Waals surface area contributed by atoms with Crippen molar-refractivity contribution in [1.82, 2.24) is 5.32 Å². The first-order chi connectivity index (χ1) is 8.99. The smallest absolute Gasteiger partial charge is 0.271 e. The number of hydrogen-bond acceptors (Lipinski definition) is 4. The number of hydrogen-bond donors (Lipinski definition) is 1. The Bertz CT molecular complexity index is 530. The molecule has 8 heteroatoms. The first kappa shape index (κ1) is 14.0. The zero-order valence-electron chi connectivity index (χ0n) is 9.69. The zero-order valence-corrected chi connectivity index (χ0v) is 11.2. The van der Waals surface area contributed by atoms with Crippen molar-refractivity contribution in [3.05, 3.63) is 37.9 Å². The Morgan fingerprint density at radius 2 is 2.21 bits per heavy atom. The Hall–Kier alpha value is -1.37. The molecular weight excluding hydrogens is 295 g/mol. The van der Waals surface area contributed by atoms with Gasteiger partial charge >= 0.3 is 0 Å². The van der Waals surface area contributed by atoms with Crippen molar-refractivity contribution in [2.45, 2.75) is 12.5 Å². The number of rotatable bonds is 3. The number of nitro benzene ring substituents is 1. The van der Waals surface area contributed by atoms with Gasteiger partial charge in [-0.1, -0.05) is 23.2 Å². The lowest BCUT2D eigenvalue weighted by Gasteiger charge is -2.12. The largest absolute Gasteiger partial charge is 0.379 e. The van der Waals surface area contributed by atoms with E-state index in [1.54, 1.807) is 0 Å². The summed E-state index contributed by atoms with van der Waals surface area (Å²) in [5.41, 5.74) is -0.282. The molecule has 0 saturated carbocycles. The first-order valence-electron chi connectivity index (χ1n) is 5.51. The van der Waals surface area contributed by atoms with Crippen LogP contribution in [0.1, 0.15) is 16.8 Å². The van der Waals surface area contributed by atoms with Gasteiger partial charge in [0.1, 0.15) is 0 Å². The molecule has 0 aromatic heterocycles. The molecule has 1 unspecified atom stereocenters. The fourth-order valence-corrected chi connectivity index (χ4v) is 2.17. The average Bonchev–Trinajstić information content (AvgIpc) is 2.84. The van der Waals surface area contributed by atoms with E-state index < -0.39 is 10.8 Å². The van der Waals surface area contributed by atoms with Crippen LogP contribution in [-0.2, 0) is 4.74 Å². The van der Waals surface area contributed by atoms with Crippen LogP contribution in [0.25, 0.3) is 0 Å². The summed E-state index contributed by atoms with van der Waals surface area (Å²) in [6, 6.07) is 2.11. The van der Waals surface area contributed by atoms with Crippen molar-refractivity contribution < 1.29 is 14.5 Å². The minimum Gasteiger partial charge on any atom is -0.379 e. The standard InChI is InChI=1S/C11H10Cl2N2O4/c12-9-4-7(15(17)18)3-8(10(9)13)11(16)14-6-1-2-19-5-6/h3-4,6H,1-2,5H2,(H,14,16). The first-order valence-corrected chi connectivity index (χ1v) is 6.26. The summed E-state index contributed by atoms with van der Waals surface area (Å²) in [5.74, 6) is -0.494. The molecule has 1 N–H and O–H groups in total. The quantitative estimate of drug-likeness (QED) is 0.687. The second-order valence-corrected chi connectivity index (χ2v) is 4.87. The van der Waals surface area contributed by atoms with Crippen molar-refractivity contribution in [3.63, 3.8) is 0 Å². The third kappa shape index (κ3) is 3.15. The Morgan fingerprint density at radius 3 is 2.79 bits per heavy atom. The second-order valence-electron chi connectivity index (χ2n) is 4.08. The lowest BCUT2D eigenvalue weighted by molar-refractivity contribution is -0.384. The molecule has 102 valence electrons. The summed E-state index contributed by atoms with van der Waals surface area (Å²) < 4.78 is 5.13. The highest BCUT2D eigenvalue weighted by atomic mass is 35.5. The van der Waals surface area contributed by atoms with Crippen molar-refractivity contribution in [3.8, 4) is 0 Å². The summed E-state index contributed by atoms with van der Waals surface area (Å²) >= 11 is 11.7. The fraction of sp³-hybridized carbons (Fsp3) is 0.364. The van der Waals surface area contributed by atoms with Gasteiger partial charge in [-0.3, -0.25) is 14.9 Å². The molecule has 0 bridgehead atoms. The van der Waals surface area contributed by atoms with Gasteiger partial charge in [-0.25, -0.2) is 0 Å². The maximum Gasteiger partial charge on any atom is 0.271 e. The van der Waals surface area contributed by atoms with E-state index in [1.165, 1.54) is 0 Å². The zero-order chi connectivity index (χ0) is 14.0. The number of carbonyl (C=O) groups is 1. The monoisotopic (exact) mass is 304 g/mol. The third-order valence-corrected chi connectivity index (χ3v) is 3.54. The van der Waals surface area contributed by atoms with Gasteiger partial charge in [0.25, 0.3) is 11.6 Å². The Labute approximate surface area is 118 Å². The average molecular weight is 305 g/mol. The van der Waals surface area contributed by atoms with Crippen molar-refractivity contribution >= 4 is 34.8 Å². The predicted molar refractivity (Wildman–Crippen MR) is 69.8 cm³/mol. The molecule has 6 nitrogen and oxygen atoms in total. The van der Waals surface area contributed by atoms with E-state index in [2.05, 4.69) is 5.32 Å². The summed E-state index contributed by atoms with van der Waals surface area (Å²) in [5, 5.41) is 13.4. The minimum absolute atomic E-state index is 0.00341. The number of ether oxygens (including phenoxy) is 1. The summed E-state index contributed by atoms with van der Waals surface area (Å²) in [6.07, 6.45) is 0.700. The summed E-state index contributed by atoms with van der Waals surface area (Å²) in [4.78, 5) is 22.1. The van der Waals surface area contributed by atoms with Crippen LogP contribution in [0.2, 0.25) is 10.0 Å². The Balaban J connectivity index is 2.26. The normalized spacial score (nSPS) is 18.3. The van der Waals surface area contributed by atoms with Crippen LogP contribution >= 0.6 is 23.2 Å². The van der Waals surface area contributed by atoms with Gasteiger partial charge in [0.05, 0.1) is 33.2 Å². The topological polar surface area (TPSA) is 81.5 Å². The predicted octanol–water partition coefficient (Wildman–Crippen LogP) is 2.42. The molecule has 2 rings (SSSR count). The second kappa shape index (κ2) is 5.73. The van der Waals surface area contributed by atoms with E-state index in [0.29, 0.717) is 19.6 Å². The van der Waals surface area contributed by atoms with Crippen LogP contribution in [0, 0.1) is 10.1 Å². The molecule has 1 aromatic rings. The molecule has 1 aromatic carbocycles. The highest BCUT2D eigenvalue weighted by molar-refractivity contribution is 6.44. The van der Waals surface area contributed by atoms with Gasteiger partial charge in [-0.2, -0.15) is 0 Å². The lowest BCUT2D eigenvalue weighted by atomic mass is 10.1. The van der Waals surface area contributed by atoms with Crippen LogP contribution in [0.5, 0.6) is 0 Å². The molecule has 19 heavy (non-hydrogen) atoms. The number of halogens is 2. The van der Waals surface area contributed by atoms with Gasteiger partial charge in [0.2, 0.25) is 0 Å². The number of amides is 1. The number of nitro groups is 1. The lowest BCUT2D eigenvalue weighted by Crippen LogP contribution is -2.35. The van der Waals surface area contributed by atoms with E-state index in [4.69, 9.17) is 27.9 Å². The van der Waals surface area contributed by atoms with Gasteiger partial charge < -0.3 is 10.1 Å². The van der Waals surface area contributed by atoms with Crippen LogP contribution in [-0.4, -0.2) is 30.1 Å². The molecule has 0 aliphatic carbocycles. The molecule has 0 spiro atoms. The van der Waals surface area contributed by atoms with Crippen molar-refractivity contribution in [2.75, 3.05) is 13.2 Å². The van der Waals surface area contributed by atoms with Crippen LogP contribution in [0.4, 0.5) is 5.69 Å². The maximum atomic E-state index is 12.0. The van der Waals surface area contributed by atoms with Crippen molar-refractivity contribution in [2.24, 2.45) is 0 Å². The molecule has 1 atom stereocenters. The molecule has 1 amide bonds. The maximum absolute atomic E-state index is 12.0. The fourth-order valence-electron chi connectivity index (χ4n) is 1.76. The molecule has 1 heterocycles. The van der Waals surface area contributed by atoms with Gasteiger partial charge in [-0.15, -0.1) is 0 Å². The number of non-ortho nitro benzene ring substituents is 1. The number of carbonyl (C=O) groups excluding carboxylic acids is 1. The van der Waals surface area contributed by atoms with E-state index in [-0.39, 0.29) is 27.3 Å². The summed E-state index contributed by atoms with van der Waals surface area (Å²) in [6.45, 7) is 1.00. The molecule has 1 saturated heterocycles. The van der Waals surface area contributed by atoms with Crippen LogP contribution in [0.3, 0.4) is 0 Å². The van der Waals surface area contributed by atoms with Gasteiger partial charge in [0, 0.05) is 18.7 Å². The molecular formula is C11H10Cl2N2O4. The Kier molecular flexibility index (Phi) is 4.24. The van der Waals surface area contributed by atoms with Gasteiger partial charge in [-0.05, 0) is 6.42 Å². The van der Waals surface area contributed by atoms with Gasteiger partial charge in [0.15, 0.2) is 0 Å². The van der Waals surface area contributed by atoms with Crippen LogP contribution < -0.4 is 5.32 Å². The molecule has 0 radical (unpaired) electrons. The van der Waals surface area contributed by atoms with Crippen molar-refractivity contribution in [1.29, 1.82) is 0 Å². The highest BCUT2D eigenvalue weighted by Crippen LogP contribution is 2.30. The highest BCUT2D eigenvalue weighted by Gasteiger charge is 2.23. The SMILES string of the molecule is O=C(NC1CCOC1)c1cc([N+](=O)[O-])cc(Cl)c1Cl. The number of nitrogens with zero attached hydrogens (tertiary/aromatic N) is 1. The van der Waals surface area contributed by atoms with E-state index in [9.17, 15) is 14.9 Å². The van der Waals surface area contributed by atoms with E-state index >= 15 is 0 Å². The summed E-state index contributed by atoms with van der Waals surface area (Å²) in [7, 11) is 0. The number of benzene rings is 1. The Morgan fingerprint density at radius 1 is 1.47 bits per heavy atom. The van der Waals surface area contributed by atoms with Crippen LogP contribution in [0.15, 0.2) is 12.1 Å². The van der Waals surface area contributed by atoms with E-state index in [1.807, 2.05) is 0 Å². The molecule has 1 aliphatic heterocycles. The molecule has 1 aliphatic rings.